The molecule has 0 bridgehead atoms. The third-order valence-electron chi connectivity index (χ3n) is 1.93. The molecule has 2 N–H and O–H groups in total. The van der Waals surface area contributed by atoms with E-state index in [1.165, 1.54) is 6.92 Å². The molecular formula is C6H13O3P. The third-order valence-corrected chi connectivity index (χ3v) is 4.36. The van der Waals surface area contributed by atoms with Gasteiger partial charge in [-0.2, -0.15) is 0 Å². The molecule has 1 heterocycles. The third kappa shape index (κ3) is 1.42. The van der Waals surface area contributed by atoms with Gasteiger partial charge in [-0.05, 0) is 13.6 Å². The molecule has 3 atom stereocenters. The molecule has 3 unspecified atom stereocenters. The first-order valence-corrected chi connectivity index (χ1v) is 5.82. The highest BCUT2D eigenvalue weighted by atomic mass is 31.2. The summed E-state index contributed by atoms with van der Waals surface area (Å²) in [7, 11) is -2.22. The Hall–Kier alpha value is 0.150. The van der Waals surface area contributed by atoms with Crippen LogP contribution in [-0.2, 0) is 4.57 Å². The zero-order chi connectivity index (χ0) is 7.99. The Labute approximate surface area is 60.4 Å². The number of hydrogen-bond acceptors (Lipinski definition) is 3. The van der Waals surface area contributed by atoms with Crippen molar-refractivity contribution in [3.63, 3.8) is 0 Å². The molecule has 0 radical (unpaired) electrons. The predicted octanol–water partition coefficient (Wildman–Crippen LogP) is 0.105. The summed E-state index contributed by atoms with van der Waals surface area (Å²) in [5.74, 6) is 0. The van der Waals surface area contributed by atoms with Gasteiger partial charge in [0.25, 0.3) is 0 Å². The summed E-state index contributed by atoms with van der Waals surface area (Å²) in [6.45, 7) is 3.15. The van der Waals surface area contributed by atoms with E-state index in [2.05, 4.69) is 0 Å². The molecule has 0 saturated carbocycles. The highest BCUT2D eigenvalue weighted by Gasteiger charge is 2.45. The molecule has 4 heteroatoms. The molecule has 0 aliphatic carbocycles. The van der Waals surface area contributed by atoms with Crippen LogP contribution < -0.4 is 0 Å². The highest BCUT2D eigenvalue weighted by Crippen LogP contribution is 2.52. The molecule has 1 saturated heterocycles. The second-order valence-corrected chi connectivity index (χ2v) is 6.79. The molecule has 3 nitrogen and oxygen atoms in total. The highest BCUT2D eigenvalue weighted by molar-refractivity contribution is 7.63. The first kappa shape index (κ1) is 8.25. The van der Waals surface area contributed by atoms with Crippen molar-refractivity contribution in [2.24, 2.45) is 0 Å². The topological polar surface area (TPSA) is 57.5 Å². The molecule has 60 valence electrons. The minimum absolute atomic E-state index is 0.251. The Morgan fingerprint density at radius 2 is 2.20 bits per heavy atom. The zero-order valence-electron chi connectivity index (χ0n) is 6.24. The lowest BCUT2D eigenvalue weighted by Gasteiger charge is -2.18. The number of aliphatic hydroxyl groups excluding tert-OH is 1. The molecule has 0 aromatic rings. The van der Waals surface area contributed by atoms with Gasteiger partial charge in [-0.1, -0.05) is 0 Å². The van der Waals surface area contributed by atoms with Gasteiger partial charge in [0.1, 0.15) is 0 Å². The molecule has 1 aliphatic rings. The van der Waals surface area contributed by atoms with E-state index in [1.54, 1.807) is 6.66 Å². The van der Waals surface area contributed by atoms with Crippen LogP contribution in [0.5, 0.6) is 0 Å². The Morgan fingerprint density at radius 3 is 2.30 bits per heavy atom. The zero-order valence-corrected chi connectivity index (χ0v) is 7.14. The van der Waals surface area contributed by atoms with Crippen molar-refractivity contribution >= 4 is 7.14 Å². The molecule has 0 aromatic heterocycles. The fraction of sp³-hybridized carbons (Fsp3) is 1.00. The molecular weight excluding hydrogens is 151 g/mol. The van der Waals surface area contributed by atoms with E-state index in [0.29, 0.717) is 0 Å². The molecule has 0 amide bonds. The molecule has 1 aliphatic heterocycles. The average Bonchev–Trinajstić information content (AvgIpc) is 1.73. The Bertz CT molecular complexity index is 187. The van der Waals surface area contributed by atoms with Gasteiger partial charge < -0.3 is 14.8 Å². The van der Waals surface area contributed by atoms with E-state index in [0.717, 1.165) is 0 Å². The van der Waals surface area contributed by atoms with Crippen molar-refractivity contribution in [1.82, 2.24) is 0 Å². The lowest BCUT2D eigenvalue weighted by molar-refractivity contribution is -0.0241. The quantitative estimate of drug-likeness (QED) is 0.499. The van der Waals surface area contributed by atoms with Crippen molar-refractivity contribution in [2.45, 2.75) is 18.6 Å². The van der Waals surface area contributed by atoms with Crippen molar-refractivity contribution in [3.8, 4) is 0 Å². The number of rotatable bonds is 0. The second-order valence-electron chi connectivity index (χ2n) is 3.51. The first-order chi connectivity index (χ1) is 4.33. The average molecular weight is 164 g/mol. The van der Waals surface area contributed by atoms with E-state index in [-0.39, 0.29) is 12.3 Å². The summed E-state index contributed by atoms with van der Waals surface area (Å²) in [6.07, 6.45) is -0.287. The number of hydrogen-bond donors (Lipinski definition) is 2. The molecule has 10 heavy (non-hydrogen) atoms. The van der Waals surface area contributed by atoms with Crippen molar-refractivity contribution in [3.05, 3.63) is 0 Å². The van der Waals surface area contributed by atoms with Crippen molar-refractivity contribution in [1.29, 1.82) is 0 Å². The standard InChI is InChI=1S/C6H13O3P/c1-6(8)4-10(2,9)3-5(6)7/h5,7-8H,3-4H2,1-2H3. The summed E-state index contributed by atoms with van der Waals surface area (Å²) in [4.78, 5) is 0. The Balaban J connectivity index is 2.81. The van der Waals surface area contributed by atoms with Gasteiger partial charge in [0, 0.05) is 12.3 Å². The summed E-state index contributed by atoms with van der Waals surface area (Å²) in [5.41, 5.74) is -1.12. The largest absolute Gasteiger partial charge is 0.390 e. The van der Waals surface area contributed by atoms with Crippen LogP contribution in [0.25, 0.3) is 0 Å². The molecule has 1 rings (SSSR count). The predicted molar refractivity (Wildman–Crippen MR) is 39.9 cm³/mol. The van der Waals surface area contributed by atoms with Gasteiger partial charge in [-0.25, -0.2) is 0 Å². The fourth-order valence-corrected chi connectivity index (χ4v) is 4.23. The van der Waals surface area contributed by atoms with Crippen LogP contribution in [-0.4, -0.2) is 40.9 Å². The molecule has 0 aromatic carbocycles. The van der Waals surface area contributed by atoms with Crippen LogP contribution in [0.4, 0.5) is 0 Å². The van der Waals surface area contributed by atoms with Crippen LogP contribution in [0, 0.1) is 0 Å². The van der Waals surface area contributed by atoms with Gasteiger partial charge in [-0.15, -0.1) is 0 Å². The van der Waals surface area contributed by atoms with Crippen molar-refractivity contribution in [2.75, 3.05) is 19.0 Å². The summed E-state index contributed by atoms with van der Waals surface area (Å²) in [5, 5.41) is 18.5. The minimum atomic E-state index is -2.22. The Kier molecular flexibility index (Phi) is 1.70. The second kappa shape index (κ2) is 2.07. The van der Waals surface area contributed by atoms with Crippen LogP contribution in [0.15, 0.2) is 0 Å². The van der Waals surface area contributed by atoms with E-state index in [1.807, 2.05) is 0 Å². The van der Waals surface area contributed by atoms with Crippen LogP contribution in [0.3, 0.4) is 0 Å². The lowest BCUT2D eigenvalue weighted by atomic mass is 10.0. The smallest absolute Gasteiger partial charge is 0.0949 e. The maximum atomic E-state index is 11.3. The minimum Gasteiger partial charge on any atom is -0.390 e. The van der Waals surface area contributed by atoms with E-state index in [4.69, 9.17) is 0 Å². The Morgan fingerprint density at radius 1 is 1.70 bits per heavy atom. The van der Waals surface area contributed by atoms with Gasteiger partial charge in [-0.3, -0.25) is 0 Å². The van der Waals surface area contributed by atoms with Gasteiger partial charge in [0.15, 0.2) is 0 Å². The maximum Gasteiger partial charge on any atom is 0.0949 e. The summed E-state index contributed by atoms with van der Waals surface area (Å²) < 4.78 is 11.3. The molecule has 0 spiro atoms. The lowest BCUT2D eigenvalue weighted by Crippen LogP contribution is -2.37. The first-order valence-electron chi connectivity index (χ1n) is 3.29. The summed E-state index contributed by atoms with van der Waals surface area (Å²) in [6, 6.07) is 0. The normalized spacial score (nSPS) is 55.4. The maximum absolute atomic E-state index is 11.3. The van der Waals surface area contributed by atoms with Crippen molar-refractivity contribution < 1.29 is 14.8 Å². The molecule has 1 fully saturated rings. The van der Waals surface area contributed by atoms with Gasteiger partial charge in [0.05, 0.1) is 18.8 Å². The van der Waals surface area contributed by atoms with Crippen LogP contribution in [0.1, 0.15) is 6.92 Å². The van der Waals surface area contributed by atoms with Crippen LogP contribution >= 0.6 is 7.14 Å². The van der Waals surface area contributed by atoms with E-state index in [9.17, 15) is 14.8 Å². The SMILES string of the molecule is CC1(O)CP(C)(=O)CC1O. The fourth-order valence-electron chi connectivity index (χ4n) is 1.41. The van der Waals surface area contributed by atoms with Crippen LogP contribution in [0.2, 0.25) is 0 Å². The van der Waals surface area contributed by atoms with Gasteiger partial charge in [0.2, 0.25) is 0 Å². The van der Waals surface area contributed by atoms with E-state index < -0.39 is 18.8 Å². The van der Waals surface area contributed by atoms with E-state index >= 15 is 0 Å². The van der Waals surface area contributed by atoms with Gasteiger partial charge >= 0.3 is 0 Å². The summed E-state index contributed by atoms with van der Waals surface area (Å²) >= 11 is 0. The number of aliphatic hydroxyl groups is 2. The monoisotopic (exact) mass is 164 g/mol.